The summed E-state index contributed by atoms with van der Waals surface area (Å²) in [5, 5.41) is 1.60. The van der Waals surface area contributed by atoms with E-state index >= 15 is 0 Å². The summed E-state index contributed by atoms with van der Waals surface area (Å²) >= 11 is 0. The first-order valence-electron chi connectivity index (χ1n) is 8.05. The normalized spacial score (nSPS) is 25.9. The second-order valence-corrected chi connectivity index (χ2v) is 7.58. The summed E-state index contributed by atoms with van der Waals surface area (Å²) in [5.41, 5.74) is 6.04. The topological polar surface area (TPSA) is 89.7 Å². The lowest BCUT2D eigenvalue weighted by molar-refractivity contribution is -0.118. The van der Waals surface area contributed by atoms with Gasteiger partial charge in [-0.1, -0.05) is 12.1 Å². The first-order chi connectivity index (χ1) is 11.9. The monoisotopic (exact) mass is 366 g/mol. The van der Waals surface area contributed by atoms with E-state index in [0.29, 0.717) is 29.8 Å². The van der Waals surface area contributed by atoms with Crippen LogP contribution in [0.4, 0.5) is 14.9 Å². The molecule has 3 rings (SSSR count). The summed E-state index contributed by atoms with van der Waals surface area (Å²) in [4.78, 5) is 24.2. The third-order valence-electron chi connectivity index (χ3n) is 4.37. The Kier molecular flexibility index (Phi) is 5.17. The number of benzene rings is 1. The van der Waals surface area contributed by atoms with Crippen molar-refractivity contribution in [1.29, 1.82) is 0 Å². The minimum Gasteiger partial charge on any atom is -0.444 e. The third kappa shape index (κ3) is 4.07. The maximum absolute atomic E-state index is 14.5. The van der Waals surface area contributed by atoms with Gasteiger partial charge in [0.25, 0.3) is 0 Å². The average molecular weight is 366 g/mol. The van der Waals surface area contributed by atoms with E-state index in [4.69, 9.17) is 10.5 Å². The van der Waals surface area contributed by atoms with E-state index in [1.807, 2.05) is 0 Å². The maximum Gasteiger partial charge on any atom is 0.414 e. The number of allylic oxidation sites excluding steroid dienone is 1. The van der Waals surface area contributed by atoms with Crippen molar-refractivity contribution in [3.05, 3.63) is 41.1 Å². The predicted octanol–water partition coefficient (Wildman–Crippen LogP) is 2.17. The Morgan fingerprint density at radius 1 is 1.44 bits per heavy atom. The first kappa shape index (κ1) is 17.6. The van der Waals surface area contributed by atoms with Crippen LogP contribution in [-0.2, 0) is 20.3 Å². The van der Waals surface area contributed by atoms with E-state index in [-0.39, 0.29) is 18.9 Å². The van der Waals surface area contributed by atoms with Gasteiger partial charge in [0.2, 0.25) is 5.91 Å². The molecule has 1 aromatic rings. The number of halogens is 1. The fourth-order valence-corrected chi connectivity index (χ4v) is 4.01. The Labute approximate surface area is 147 Å². The van der Waals surface area contributed by atoms with Crippen LogP contribution in [0.15, 0.2) is 29.7 Å². The zero-order valence-corrected chi connectivity index (χ0v) is 14.3. The second-order valence-electron chi connectivity index (χ2n) is 6.14. The molecule has 25 heavy (non-hydrogen) atoms. The molecule has 2 aliphatic heterocycles. The quantitative estimate of drug-likeness (QED) is 0.865. The smallest absolute Gasteiger partial charge is 0.414 e. The van der Waals surface area contributed by atoms with Crippen molar-refractivity contribution < 1.29 is 22.9 Å². The lowest BCUT2D eigenvalue weighted by Gasteiger charge is -2.19. The van der Waals surface area contributed by atoms with Crippen LogP contribution in [0.3, 0.4) is 0 Å². The van der Waals surface area contributed by atoms with E-state index < -0.39 is 34.7 Å². The van der Waals surface area contributed by atoms with Crippen molar-refractivity contribution in [2.75, 3.05) is 17.2 Å². The van der Waals surface area contributed by atoms with Gasteiger partial charge in [-0.3, -0.25) is 13.9 Å². The van der Waals surface area contributed by atoms with E-state index in [0.717, 1.165) is 0 Å². The number of amides is 2. The Hall–Kier alpha value is -2.22. The highest BCUT2D eigenvalue weighted by Crippen LogP contribution is 2.31. The van der Waals surface area contributed by atoms with E-state index in [2.05, 4.69) is 0 Å². The number of rotatable bonds is 5. The second kappa shape index (κ2) is 7.35. The molecule has 0 aromatic heterocycles. The fraction of sp³-hybridized carbons (Fsp3) is 0.412. The number of nitrogens with two attached hydrogens (primary N) is 1. The Balaban J connectivity index is 1.72. The number of carbonyl (C=O) groups excluding carboxylic acids is 2. The molecule has 8 heteroatoms. The zero-order chi connectivity index (χ0) is 18.0. The molecule has 0 radical (unpaired) electrons. The molecule has 0 saturated carbocycles. The number of ether oxygens (including phenoxy) is 1. The molecule has 0 aliphatic carbocycles. The van der Waals surface area contributed by atoms with Gasteiger partial charge in [-0.25, -0.2) is 9.18 Å². The van der Waals surface area contributed by atoms with Gasteiger partial charge in [-0.05, 0) is 35.9 Å². The average Bonchev–Trinajstić information content (AvgIpc) is 2.95. The first-order valence-corrected chi connectivity index (χ1v) is 9.43. The summed E-state index contributed by atoms with van der Waals surface area (Å²) in [5.74, 6) is -0.456. The molecule has 2 unspecified atom stereocenters. The molecular formula is C17H19FN2O4S. The summed E-state index contributed by atoms with van der Waals surface area (Å²) < 4.78 is 31.1. The van der Waals surface area contributed by atoms with Crippen LogP contribution < -0.4 is 10.6 Å². The SMILES string of the molecule is NC(=O)CC[C@H]1CN(c2ccc(C3C=CS(=O)CC3)c(F)c2)C(=O)O1. The van der Waals surface area contributed by atoms with Gasteiger partial charge in [0.15, 0.2) is 0 Å². The van der Waals surface area contributed by atoms with Crippen LogP contribution >= 0.6 is 0 Å². The largest absolute Gasteiger partial charge is 0.444 e. The summed E-state index contributed by atoms with van der Waals surface area (Å²) in [7, 11) is -0.967. The lowest BCUT2D eigenvalue weighted by atomic mass is 9.95. The van der Waals surface area contributed by atoms with Crippen LogP contribution in [0, 0.1) is 5.82 Å². The standard InChI is InChI=1S/C17H19FN2O4S/c18-15-9-12(1-3-14(15)11-5-7-25(23)8-6-11)20-10-13(24-17(20)22)2-4-16(19)21/h1,3,5,7,9,11,13H,2,4,6,8,10H2,(H2,19,21)/t11?,13-,25?/m0/s1. The molecule has 0 bridgehead atoms. The Morgan fingerprint density at radius 2 is 2.24 bits per heavy atom. The molecule has 0 spiro atoms. The van der Waals surface area contributed by atoms with Crippen LogP contribution in [0.25, 0.3) is 0 Å². The highest BCUT2D eigenvalue weighted by Gasteiger charge is 2.33. The van der Waals surface area contributed by atoms with Gasteiger partial charge in [-0.2, -0.15) is 0 Å². The minimum atomic E-state index is -0.967. The van der Waals surface area contributed by atoms with Crippen molar-refractivity contribution in [1.82, 2.24) is 0 Å². The maximum atomic E-state index is 14.5. The summed E-state index contributed by atoms with van der Waals surface area (Å²) in [6.45, 7) is 0.257. The van der Waals surface area contributed by atoms with Crippen LogP contribution in [-0.4, -0.2) is 34.6 Å². The number of hydrogen-bond acceptors (Lipinski definition) is 4. The molecule has 2 heterocycles. The molecule has 1 fully saturated rings. The number of hydrogen-bond donors (Lipinski definition) is 1. The number of nitrogens with zero attached hydrogens (tertiary/aromatic N) is 1. The molecule has 2 amide bonds. The molecule has 1 aromatic carbocycles. The zero-order valence-electron chi connectivity index (χ0n) is 13.5. The Bertz CT molecular complexity index is 752. The van der Waals surface area contributed by atoms with Crippen molar-refractivity contribution >= 4 is 28.5 Å². The van der Waals surface area contributed by atoms with Crippen molar-refractivity contribution in [3.8, 4) is 0 Å². The third-order valence-corrected chi connectivity index (χ3v) is 5.47. The highest BCUT2D eigenvalue weighted by atomic mass is 32.2. The van der Waals surface area contributed by atoms with E-state index in [9.17, 15) is 18.2 Å². The van der Waals surface area contributed by atoms with Gasteiger partial charge in [0, 0.05) is 28.9 Å². The van der Waals surface area contributed by atoms with Crippen LogP contribution in [0.5, 0.6) is 0 Å². The van der Waals surface area contributed by atoms with Gasteiger partial charge < -0.3 is 10.5 Å². The molecule has 6 nitrogen and oxygen atoms in total. The Morgan fingerprint density at radius 3 is 2.88 bits per heavy atom. The van der Waals surface area contributed by atoms with E-state index in [1.165, 1.54) is 11.0 Å². The fourth-order valence-electron chi connectivity index (χ4n) is 3.02. The van der Waals surface area contributed by atoms with Crippen LogP contribution in [0.1, 0.15) is 30.7 Å². The van der Waals surface area contributed by atoms with Gasteiger partial charge in [0.05, 0.1) is 12.2 Å². The van der Waals surface area contributed by atoms with Gasteiger partial charge >= 0.3 is 6.09 Å². The highest BCUT2D eigenvalue weighted by molar-refractivity contribution is 7.88. The minimum absolute atomic E-state index is 0.111. The number of carbonyl (C=O) groups is 2. The molecule has 134 valence electrons. The van der Waals surface area contributed by atoms with Crippen molar-refractivity contribution in [2.45, 2.75) is 31.3 Å². The lowest BCUT2D eigenvalue weighted by Crippen LogP contribution is -2.25. The molecule has 2 N–H and O–H groups in total. The predicted molar refractivity (Wildman–Crippen MR) is 92.0 cm³/mol. The summed E-state index contributed by atoms with van der Waals surface area (Å²) in [6, 6.07) is 4.64. The number of anilines is 1. The van der Waals surface area contributed by atoms with Crippen molar-refractivity contribution in [2.24, 2.45) is 5.73 Å². The molecular weight excluding hydrogens is 347 g/mol. The summed E-state index contributed by atoms with van der Waals surface area (Å²) in [6.07, 6.45) is 1.88. The molecule has 3 atom stereocenters. The number of primary amides is 1. The molecule has 1 saturated heterocycles. The van der Waals surface area contributed by atoms with Crippen LogP contribution in [0.2, 0.25) is 0 Å². The van der Waals surface area contributed by atoms with Gasteiger partial charge in [-0.15, -0.1) is 0 Å². The van der Waals surface area contributed by atoms with Gasteiger partial charge in [0.1, 0.15) is 11.9 Å². The number of cyclic esters (lactones) is 1. The van der Waals surface area contributed by atoms with Crippen molar-refractivity contribution in [3.63, 3.8) is 0 Å². The molecule has 2 aliphatic rings. The van der Waals surface area contributed by atoms with E-state index in [1.54, 1.807) is 23.6 Å².